The molecule has 0 bridgehead atoms. The molecule has 2 saturated heterocycles. The molecule has 1 N–H and O–H groups in total. The molecule has 2 nitrogen and oxygen atoms in total. The van der Waals surface area contributed by atoms with Crippen molar-refractivity contribution in [1.82, 2.24) is 4.90 Å². The Kier molecular flexibility index (Phi) is 5.54. The molecule has 4 aliphatic carbocycles. The van der Waals surface area contributed by atoms with E-state index >= 15 is 0 Å². The van der Waals surface area contributed by atoms with Crippen LogP contribution < -0.4 is 0 Å². The summed E-state index contributed by atoms with van der Waals surface area (Å²) in [6.07, 6.45) is 10.8. The van der Waals surface area contributed by atoms with Crippen LogP contribution in [-0.4, -0.2) is 44.4 Å². The molecular weight excluding hydrogens is 461 g/mol. The highest BCUT2D eigenvalue weighted by atomic mass is 35.5. The van der Waals surface area contributed by atoms with Gasteiger partial charge in [0.2, 0.25) is 0 Å². The summed E-state index contributed by atoms with van der Waals surface area (Å²) in [5, 5.41) is 11.7. The van der Waals surface area contributed by atoms with Crippen molar-refractivity contribution in [2.75, 3.05) is 13.1 Å². The first-order chi connectivity index (χ1) is 15.0. The number of hydrogen-bond acceptors (Lipinski definition) is 2. The van der Waals surface area contributed by atoms with Gasteiger partial charge in [0.15, 0.2) is 0 Å². The van der Waals surface area contributed by atoms with Gasteiger partial charge in [0.1, 0.15) is 4.33 Å². The highest BCUT2D eigenvalue weighted by molar-refractivity contribution is 6.52. The predicted octanol–water partition coefficient (Wildman–Crippen LogP) is 6.74. The summed E-state index contributed by atoms with van der Waals surface area (Å²) < 4.78 is -0.790. The molecule has 2 heterocycles. The summed E-state index contributed by atoms with van der Waals surface area (Å²) in [5.74, 6) is 5.34. The second kappa shape index (κ2) is 7.64. The number of halogens is 3. The van der Waals surface area contributed by atoms with E-state index < -0.39 is 9.93 Å². The molecule has 6 rings (SSSR count). The number of nitrogens with zero attached hydrogens (tertiary/aromatic N) is 1. The topological polar surface area (TPSA) is 23.5 Å². The smallest absolute Gasteiger partial charge is 0.137 e. The van der Waals surface area contributed by atoms with Gasteiger partial charge in [-0.1, -0.05) is 37.0 Å². The Labute approximate surface area is 210 Å². The average Bonchev–Trinajstić information content (AvgIpc) is 3.11. The lowest BCUT2D eigenvalue weighted by Crippen LogP contribution is -2.67. The fraction of sp³-hybridized carbons (Fsp3) is 1.00. The Bertz CT molecular complexity index is 757. The Hall–Kier alpha value is 0.790. The predicted molar refractivity (Wildman–Crippen MR) is 133 cm³/mol. The molecule has 6 fully saturated rings. The third-order valence-electron chi connectivity index (χ3n) is 12.1. The molecule has 0 aromatic carbocycles. The standard InChI is InChI=1S/C27H42Cl3NO/c1-15-4-9-24-26(3,32)20-7-5-16-17-6-8-22-25(2,11-10-23(28)27(22,29)30)21(17)12-18(16)19(20)14-31(24)13-15/h15-24,32H,4-14H2,1-3H3. The lowest BCUT2D eigenvalue weighted by Gasteiger charge is -2.60. The van der Waals surface area contributed by atoms with E-state index in [1.54, 1.807) is 0 Å². The number of rotatable bonds is 0. The summed E-state index contributed by atoms with van der Waals surface area (Å²) >= 11 is 20.6. The molecular formula is C27H42Cl3NO. The zero-order valence-electron chi connectivity index (χ0n) is 20.1. The van der Waals surface area contributed by atoms with Gasteiger partial charge in [-0.05, 0) is 117 Å². The van der Waals surface area contributed by atoms with E-state index in [0.717, 1.165) is 42.4 Å². The van der Waals surface area contributed by atoms with Gasteiger partial charge in [-0.3, -0.25) is 4.90 Å². The minimum atomic E-state index is -0.790. The van der Waals surface area contributed by atoms with Crippen LogP contribution in [0.4, 0.5) is 0 Å². The second-order valence-electron chi connectivity index (χ2n) is 13.4. The van der Waals surface area contributed by atoms with E-state index in [1.165, 1.54) is 58.0 Å². The average molecular weight is 503 g/mol. The molecule has 0 spiro atoms. The van der Waals surface area contributed by atoms with Crippen molar-refractivity contribution in [2.45, 2.75) is 99.9 Å². The fourth-order valence-electron chi connectivity index (χ4n) is 10.6. The van der Waals surface area contributed by atoms with E-state index in [-0.39, 0.29) is 10.8 Å². The third kappa shape index (κ3) is 3.11. The quantitative estimate of drug-likeness (QED) is 0.371. The number of alkyl halides is 3. The summed E-state index contributed by atoms with van der Waals surface area (Å²) in [6, 6.07) is 0.370. The number of hydrogen-bond donors (Lipinski definition) is 1. The van der Waals surface area contributed by atoms with Crippen molar-refractivity contribution in [3.05, 3.63) is 0 Å². The van der Waals surface area contributed by atoms with Crippen LogP contribution in [0, 0.1) is 52.8 Å². The molecule has 12 unspecified atom stereocenters. The van der Waals surface area contributed by atoms with Gasteiger partial charge in [-0.25, -0.2) is 0 Å². The molecule has 4 saturated carbocycles. The van der Waals surface area contributed by atoms with E-state index in [4.69, 9.17) is 34.8 Å². The molecule has 0 aromatic rings. The number of piperidine rings is 2. The molecule has 182 valence electrons. The number of aliphatic hydroxyl groups is 1. The molecule has 0 amide bonds. The second-order valence-corrected chi connectivity index (χ2v) is 15.3. The highest BCUT2D eigenvalue weighted by Crippen LogP contribution is 2.70. The summed E-state index contributed by atoms with van der Waals surface area (Å²) in [7, 11) is 0. The minimum absolute atomic E-state index is 0.125. The Balaban J connectivity index is 1.30. The van der Waals surface area contributed by atoms with Crippen LogP contribution in [0.15, 0.2) is 0 Å². The first-order valence-corrected chi connectivity index (χ1v) is 14.7. The third-order valence-corrected chi connectivity index (χ3v) is 13.9. The van der Waals surface area contributed by atoms with Crippen LogP contribution >= 0.6 is 34.8 Å². The van der Waals surface area contributed by atoms with Crippen LogP contribution in [0.3, 0.4) is 0 Å². The summed E-state index contributed by atoms with van der Waals surface area (Å²) in [5.41, 5.74) is -0.323. The lowest BCUT2D eigenvalue weighted by atomic mass is 9.52. The Morgan fingerprint density at radius 3 is 2.34 bits per heavy atom. The van der Waals surface area contributed by atoms with E-state index in [2.05, 4.69) is 25.7 Å². The zero-order valence-corrected chi connectivity index (χ0v) is 22.3. The fourth-order valence-corrected chi connectivity index (χ4v) is 11.8. The van der Waals surface area contributed by atoms with E-state index in [1.807, 2.05) is 0 Å². The molecule has 0 aromatic heterocycles. The van der Waals surface area contributed by atoms with Gasteiger partial charge >= 0.3 is 0 Å². The molecule has 6 aliphatic rings. The van der Waals surface area contributed by atoms with Crippen molar-refractivity contribution < 1.29 is 5.11 Å². The number of fused-ring (bicyclic) bond motifs is 8. The van der Waals surface area contributed by atoms with E-state index in [0.29, 0.717) is 23.8 Å². The van der Waals surface area contributed by atoms with Gasteiger partial charge in [0, 0.05) is 19.1 Å². The van der Waals surface area contributed by atoms with Crippen molar-refractivity contribution in [2.24, 2.45) is 52.8 Å². The Morgan fingerprint density at radius 1 is 0.812 bits per heavy atom. The minimum Gasteiger partial charge on any atom is -0.388 e. The molecule has 32 heavy (non-hydrogen) atoms. The zero-order chi connectivity index (χ0) is 22.6. The summed E-state index contributed by atoms with van der Waals surface area (Å²) in [4.78, 5) is 2.70. The van der Waals surface area contributed by atoms with Gasteiger partial charge in [0.25, 0.3) is 0 Å². The first-order valence-electron chi connectivity index (χ1n) is 13.5. The van der Waals surface area contributed by atoms with Crippen molar-refractivity contribution in [1.29, 1.82) is 0 Å². The van der Waals surface area contributed by atoms with Crippen LogP contribution in [-0.2, 0) is 0 Å². The Morgan fingerprint density at radius 2 is 1.56 bits per heavy atom. The van der Waals surface area contributed by atoms with Crippen LogP contribution in [0.25, 0.3) is 0 Å². The van der Waals surface area contributed by atoms with Gasteiger partial charge in [-0.15, -0.1) is 11.6 Å². The van der Waals surface area contributed by atoms with Crippen molar-refractivity contribution in [3.8, 4) is 0 Å². The maximum Gasteiger partial charge on any atom is 0.137 e. The van der Waals surface area contributed by atoms with E-state index in [9.17, 15) is 5.11 Å². The normalized spacial score (nSPS) is 59.3. The van der Waals surface area contributed by atoms with Gasteiger partial charge in [-0.2, -0.15) is 0 Å². The van der Waals surface area contributed by atoms with Crippen molar-refractivity contribution in [3.63, 3.8) is 0 Å². The van der Waals surface area contributed by atoms with Crippen LogP contribution in [0.5, 0.6) is 0 Å². The highest BCUT2D eigenvalue weighted by Gasteiger charge is 2.66. The molecule has 2 aliphatic heterocycles. The monoisotopic (exact) mass is 501 g/mol. The van der Waals surface area contributed by atoms with Crippen LogP contribution in [0.2, 0.25) is 0 Å². The van der Waals surface area contributed by atoms with Gasteiger partial charge < -0.3 is 5.11 Å². The maximum absolute atomic E-state index is 11.9. The van der Waals surface area contributed by atoms with Gasteiger partial charge in [0.05, 0.1) is 11.0 Å². The largest absolute Gasteiger partial charge is 0.388 e. The molecule has 0 radical (unpaired) electrons. The molecule has 12 atom stereocenters. The molecule has 5 heteroatoms. The summed E-state index contributed by atoms with van der Waals surface area (Å²) in [6.45, 7) is 9.48. The lowest BCUT2D eigenvalue weighted by molar-refractivity contribution is -0.175. The first kappa shape index (κ1) is 23.2. The van der Waals surface area contributed by atoms with Crippen molar-refractivity contribution >= 4 is 34.8 Å². The van der Waals surface area contributed by atoms with Crippen LogP contribution in [0.1, 0.15) is 78.6 Å². The maximum atomic E-state index is 11.9. The SMILES string of the molecule is CC1CCC2N(C1)CC1C3CC4C(CCC5C(Cl)(Cl)C(Cl)CCC45C)C3CCC1C2(C)O.